The summed E-state index contributed by atoms with van der Waals surface area (Å²) in [6.07, 6.45) is 1.42. The highest BCUT2D eigenvalue weighted by Gasteiger charge is 2.39. The zero-order valence-electron chi connectivity index (χ0n) is 19.9. The Labute approximate surface area is 204 Å². The van der Waals surface area contributed by atoms with Crippen LogP contribution in [0.1, 0.15) is 30.9 Å². The molecule has 10 heteroatoms. The fraction of sp³-hybridized carbons (Fsp3) is 0.280. The van der Waals surface area contributed by atoms with Crippen LogP contribution < -0.4 is 0 Å². The molecule has 1 aliphatic heterocycles. The molecule has 0 aromatic heterocycles. The van der Waals surface area contributed by atoms with Crippen molar-refractivity contribution in [1.29, 1.82) is 0 Å². The molecule has 2 atom stereocenters. The molecule has 9 nitrogen and oxygen atoms in total. The number of methoxy groups -OCH3 is 1. The first-order chi connectivity index (χ1) is 16.5. The molecule has 0 bridgehead atoms. The lowest BCUT2D eigenvalue weighted by molar-refractivity contribution is -0.384. The van der Waals surface area contributed by atoms with Crippen LogP contribution in [-0.2, 0) is 26.1 Å². The summed E-state index contributed by atoms with van der Waals surface area (Å²) in [5.74, 6) is -2.15. The van der Waals surface area contributed by atoms with Crippen LogP contribution in [0.2, 0.25) is 0 Å². The van der Waals surface area contributed by atoms with Gasteiger partial charge in [-0.1, -0.05) is 42.5 Å². The number of carbonyl (C=O) groups is 1. The number of carbonyl (C=O) groups excluding carboxylic acids is 1. The number of aliphatic imine (C=N–C) groups is 1. The highest BCUT2D eigenvalue weighted by molar-refractivity contribution is 7.92. The van der Waals surface area contributed by atoms with E-state index in [1.807, 2.05) is 30.3 Å². The summed E-state index contributed by atoms with van der Waals surface area (Å²) in [4.78, 5) is 28.1. The number of hydrogen-bond donors (Lipinski definition) is 0. The van der Waals surface area contributed by atoms with Crippen LogP contribution in [0.15, 0.2) is 82.3 Å². The van der Waals surface area contributed by atoms with E-state index < -0.39 is 32.8 Å². The quantitative estimate of drug-likeness (QED) is 0.306. The molecule has 3 rings (SSSR count). The summed E-state index contributed by atoms with van der Waals surface area (Å²) in [6.45, 7) is 3.57. The minimum atomic E-state index is -3.82. The number of ether oxygens (including phenoxy) is 1. The van der Waals surface area contributed by atoms with Gasteiger partial charge < -0.3 is 4.74 Å². The molecule has 2 unspecified atom stereocenters. The normalized spacial score (nSPS) is 18.6. The van der Waals surface area contributed by atoms with Crippen LogP contribution in [0, 0.1) is 16.0 Å². The molecule has 0 saturated carbocycles. The number of allylic oxidation sites excluding steroid dienone is 3. The summed E-state index contributed by atoms with van der Waals surface area (Å²) < 4.78 is 32.2. The minimum absolute atomic E-state index is 0.137. The van der Waals surface area contributed by atoms with Crippen LogP contribution >= 0.6 is 0 Å². The third kappa shape index (κ3) is 5.90. The predicted molar refractivity (Wildman–Crippen MR) is 133 cm³/mol. The molecule has 2 aromatic rings. The van der Waals surface area contributed by atoms with Gasteiger partial charge in [-0.15, -0.1) is 0 Å². The van der Waals surface area contributed by atoms with Gasteiger partial charge in [-0.05, 0) is 36.6 Å². The number of nitro benzene ring substituents is 1. The molecule has 0 aliphatic carbocycles. The molecular weight excluding hydrogens is 470 g/mol. The van der Waals surface area contributed by atoms with E-state index in [-0.39, 0.29) is 12.2 Å². The van der Waals surface area contributed by atoms with Crippen LogP contribution in [-0.4, -0.2) is 43.5 Å². The van der Waals surface area contributed by atoms with Gasteiger partial charge in [0.15, 0.2) is 0 Å². The Bertz CT molecular complexity index is 1320. The molecule has 2 aromatic carbocycles. The maximum absolute atomic E-state index is 13.0. The molecule has 0 N–H and O–H groups in total. The van der Waals surface area contributed by atoms with Crippen molar-refractivity contribution in [3.8, 4) is 0 Å². The number of sulfonamides is 1. The van der Waals surface area contributed by atoms with Gasteiger partial charge in [-0.2, -0.15) is 4.31 Å². The SMILES string of the molecule is COC(=O)C1C(C)=NC(C)=C(C=CS(=O)(=O)N(C)Cc2ccccc2)C1c1cccc([N+](=O)[O-])c1. The largest absolute Gasteiger partial charge is 0.468 e. The van der Waals surface area contributed by atoms with Crippen molar-refractivity contribution >= 4 is 27.4 Å². The number of benzene rings is 2. The highest BCUT2D eigenvalue weighted by Crippen LogP contribution is 2.41. The average Bonchev–Trinajstić information content (AvgIpc) is 2.83. The predicted octanol–water partition coefficient (Wildman–Crippen LogP) is 4.19. The molecule has 35 heavy (non-hydrogen) atoms. The van der Waals surface area contributed by atoms with E-state index in [2.05, 4.69) is 4.99 Å². The van der Waals surface area contributed by atoms with Crippen LogP contribution in [0.3, 0.4) is 0 Å². The second-order valence-electron chi connectivity index (χ2n) is 8.21. The summed E-state index contributed by atoms with van der Waals surface area (Å²) in [6, 6.07) is 15.1. The molecule has 0 spiro atoms. The molecule has 0 radical (unpaired) electrons. The second-order valence-corrected chi connectivity index (χ2v) is 10.1. The summed E-state index contributed by atoms with van der Waals surface area (Å²) >= 11 is 0. The van der Waals surface area contributed by atoms with E-state index >= 15 is 0 Å². The lowest BCUT2D eigenvalue weighted by atomic mass is 9.75. The Morgan fingerprint density at radius 3 is 2.49 bits per heavy atom. The first kappa shape index (κ1) is 26.0. The first-order valence-corrected chi connectivity index (χ1v) is 12.3. The van der Waals surface area contributed by atoms with Gasteiger partial charge in [0, 0.05) is 48.5 Å². The number of nitro groups is 1. The number of nitrogens with zero attached hydrogens (tertiary/aromatic N) is 3. The fourth-order valence-electron chi connectivity index (χ4n) is 4.10. The molecule has 0 amide bonds. The van der Waals surface area contributed by atoms with Crippen molar-refractivity contribution in [3.63, 3.8) is 0 Å². The molecule has 0 fully saturated rings. The molecule has 1 aliphatic rings. The van der Waals surface area contributed by atoms with Crippen molar-refractivity contribution < 1.29 is 22.9 Å². The standard InChI is InChI=1S/C25H27N3O6S/c1-17-22(13-14-35(32,33)27(3)16-19-9-6-5-7-10-19)24(23(18(2)26-17)25(29)34-4)20-11-8-12-21(15-20)28(30)31/h5-15,23-24H,16H2,1-4H3. The highest BCUT2D eigenvalue weighted by atomic mass is 32.2. The molecule has 0 saturated heterocycles. The smallest absolute Gasteiger partial charge is 0.315 e. The average molecular weight is 498 g/mol. The van der Waals surface area contributed by atoms with E-state index in [1.54, 1.807) is 19.9 Å². The fourth-order valence-corrected chi connectivity index (χ4v) is 4.96. The van der Waals surface area contributed by atoms with Gasteiger partial charge in [0.1, 0.15) is 5.92 Å². The number of hydrogen-bond acceptors (Lipinski definition) is 7. The van der Waals surface area contributed by atoms with Gasteiger partial charge >= 0.3 is 5.97 Å². The van der Waals surface area contributed by atoms with E-state index in [0.717, 1.165) is 11.0 Å². The van der Waals surface area contributed by atoms with Crippen molar-refractivity contribution in [3.05, 3.63) is 98.6 Å². The Morgan fingerprint density at radius 1 is 1.17 bits per heavy atom. The third-order valence-corrected chi connectivity index (χ3v) is 7.36. The monoisotopic (exact) mass is 497 g/mol. The topological polar surface area (TPSA) is 119 Å². The molecule has 1 heterocycles. The van der Waals surface area contributed by atoms with E-state index in [1.165, 1.54) is 42.7 Å². The number of non-ortho nitro benzene ring substituents is 1. The Hall–Kier alpha value is -3.63. The minimum Gasteiger partial charge on any atom is -0.468 e. The van der Waals surface area contributed by atoms with Gasteiger partial charge in [-0.3, -0.25) is 19.9 Å². The zero-order chi connectivity index (χ0) is 25.8. The van der Waals surface area contributed by atoms with Crippen LogP contribution in [0.4, 0.5) is 5.69 Å². The lowest BCUT2D eigenvalue weighted by Gasteiger charge is -2.31. The van der Waals surface area contributed by atoms with E-state index in [0.29, 0.717) is 22.5 Å². The summed E-state index contributed by atoms with van der Waals surface area (Å²) in [5, 5.41) is 12.5. The number of esters is 1. The Balaban J connectivity index is 2.05. The van der Waals surface area contributed by atoms with Crippen molar-refractivity contribution in [2.45, 2.75) is 26.3 Å². The zero-order valence-corrected chi connectivity index (χ0v) is 20.7. The van der Waals surface area contributed by atoms with E-state index in [9.17, 15) is 23.3 Å². The van der Waals surface area contributed by atoms with Crippen molar-refractivity contribution in [2.24, 2.45) is 10.9 Å². The first-order valence-electron chi connectivity index (χ1n) is 10.8. The van der Waals surface area contributed by atoms with Crippen LogP contribution in [0.25, 0.3) is 0 Å². The van der Waals surface area contributed by atoms with Crippen molar-refractivity contribution in [1.82, 2.24) is 4.31 Å². The Kier molecular flexibility index (Phi) is 7.98. The van der Waals surface area contributed by atoms with Crippen molar-refractivity contribution in [2.75, 3.05) is 14.2 Å². The summed E-state index contributed by atoms with van der Waals surface area (Å²) in [5.41, 5.74) is 2.63. The van der Waals surface area contributed by atoms with Gasteiger partial charge in [-0.25, -0.2) is 8.42 Å². The summed E-state index contributed by atoms with van der Waals surface area (Å²) in [7, 11) is -1.09. The van der Waals surface area contributed by atoms with Gasteiger partial charge in [0.25, 0.3) is 5.69 Å². The van der Waals surface area contributed by atoms with E-state index in [4.69, 9.17) is 4.74 Å². The Morgan fingerprint density at radius 2 is 1.86 bits per heavy atom. The maximum atomic E-state index is 13.0. The third-order valence-electron chi connectivity index (χ3n) is 5.88. The lowest BCUT2D eigenvalue weighted by Crippen LogP contribution is -2.33. The molecular formula is C25H27N3O6S. The second kappa shape index (κ2) is 10.7. The molecule has 184 valence electrons. The van der Waals surface area contributed by atoms with Crippen LogP contribution in [0.5, 0.6) is 0 Å². The van der Waals surface area contributed by atoms with Gasteiger partial charge in [0.05, 0.1) is 12.0 Å². The van der Waals surface area contributed by atoms with Gasteiger partial charge in [0.2, 0.25) is 10.0 Å². The number of rotatable bonds is 8. The maximum Gasteiger partial charge on any atom is 0.315 e.